The maximum atomic E-state index is 4.15. The molecule has 1 aliphatic carbocycles. The quantitative estimate of drug-likeness (QED) is 0.790. The number of aryl methyl sites for hydroxylation is 1. The molecular weight excluding hydrogens is 212 g/mol. The molecule has 0 saturated heterocycles. The number of rotatable bonds is 5. The van der Waals surface area contributed by atoms with Gasteiger partial charge in [0.05, 0.1) is 5.69 Å². The van der Waals surface area contributed by atoms with Crippen molar-refractivity contribution >= 4 is 0 Å². The molecule has 1 unspecified atom stereocenters. The van der Waals surface area contributed by atoms with Gasteiger partial charge in [-0.2, -0.15) is 0 Å². The number of nitrogens with one attached hydrogen (secondary N) is 1. The topological polar surface area (TPSA) is 42.7 Å². The van der Waals surface area contributed by atoms with E-state index in [4.69, 9.17) is 0 Å². The van der Waals surface area contributed by atoms with Gasteiger partial charge in [-0.1, -0.05) is 16.9 Å². The van der Waals surface area contributed by atoms with Crippen molar-refractivity contribution in [1.29, 1.82) is 0 Å². The number of likely N-dealkylation sites (N-methyl/N-ethyl adjacent to an activating group) is 1. The first-order valence-electron chi connectivity index (χ1n) is 6.48. The lowest BCUT2D eigenvalue weighted by Gasteiger charge is -2.19. The molecule has 0 saturated carbocycles. The predicted octanol–water partition coefficient (Wildman–Crippen LogP) is 1.84. The summed E-state index contributed by atoms with van der Waals surface area (Å²) in [5, 5.41) is 11.5. The average Bonchev–Trinajstić information content (AvgIpc) is 2.75. The Hall–Kier alpha value is -1.16. The fraction of sp³-hybridized carbons (Fsp3) is 0.692. The smallest absolute Gasteiger partial charge is 0.0842 e. The highest BCUT2D eigenvalue weighted by atomic mass is 15.4. The van der Waals surface area contributed by atoms with Gasteiger partial charge in [0.25, 0.3) is 0 Å². The monoisotopic (exact) mass is 234 g/mol. The van der Waals surface area contributed by atoms with Crippen LogP contribution in [0.25, 0.3) is 0 Å². The van der Waals surface area contributed by atoms with Crippen molar-refractivity contribution in [2.45, 2.75) is 44.6 Å². The molecule has 1 atom stereocenters. The fourth-order valence-corrected chi connectivity index (χ4v) is 2.42. The van der Waals surface area contributed by atoms with E-state index >= 15 is 0 Å². The van der Waals surface area contributed by atoms with E-state index in [1.54, 1.807) is 10.3 Å². The van der Waals surface area contributed by atoms with Gasteiger partial charge in [0.15, 0.2) is 0 Å². The summed E-state index contributed by atoms with van der Waals surface area (Å²) >= 11 is 0. The van der Waals surface area contributed by atoms with Crippen molar-refractivity contribution < 1.29 is 0 Å². The van der Waals surface area contributed by atoms with Crippen LogP contribution in [0.5, 0.6) is 0 Å². The first kappa shape index (κ1) is 12.3. The van der Waals surface area contributed by atoms with Crippen LogP contribution in [0.3, 0.4) is 0 Å². The van der Waals surface area contributed by atoms with Crippen LogP contribution in [-0.2, 0) is 13.5 Å². The van der Waals surface area contributed by atoms with Gasteiger partial charge in [-0.25, -0.2) is 0 Å². The lowest BCUT2D eigenvalue weighted by Crippen LogP contribution is -2.28. The second-order valence-electron chi connectivity index (χ2n) is 4.89. The Bertz CT molecular complexity index is 381. The summed E-state index contributed by atoms with van der Waals surface area (Å²) in [7, 11) is 3.94. The summed E-state index contributed by atoms with van der Waals surface area (Å²) < 4.78 is 1.77. The van der Waals surface area contributed by atoms with E-state index in [-0.39, 0.29) is 0 Å². The van der Waals surface area contributed by atoms with Crippen LogP contribution in [-0.4, -0.2) is 28.1 Å². The number of hydrogen-bond donors (Lipinski definition) is 1. The molecule has 0 amide bonds. The standard InChI is InChI=1S/C13H22N4/c1-14-12(8-11-6-4-3-5-7-11)9-13-10-17(2)16-15-13/h6,10,12,14H,3-5,7-9H2,1-2H3. The molecule has 17 heavy (non-hydrogen) atoms. The second-order valence-corrected chi connectivity index (χ2v) is 4.89. The minimum absolute atomic E-state index is 0.482. The van der Waals surface area contributed by atoms with E-state index < -0.39 is 0 Å². The minimum Gasteiger partial charge on any atom is -0.316 e. The van der Waals surface area contributed by atoms with E-state index in [9.17, 15) is 0 Å². The Labute approximate surface area is 103 Å². The molecule has 2 rings (SSSR count). The van der Waals surface area contributed by atoms with Gasteiger partial charge in [-0.3, -0.25) is 4.68 Å². The summed E-state index contributed by atoms with van der Waals surface area (Å²) in [6.45, 7) is 0. The van der Waals surface area contributed by atoms with Gasteiger partial charge >= 0.3 is 0 Å². The zero-order valence-electron chi connectivity index (χ0n) is 10.8. The van der Waals surface area contributed by atoms with Crippen LogP contribution in [0.4, 0.5) is 0 Å². The molecule has 1 aromatic heterocycles. The van der Waals surface area contributed by atoms with Gasteiger partial charge in [-0.15, -0.1) is 5.10 Å². The largest absolute Gasteiger partial charge is 0.316 e. The highest BCUT2D eigenvalue weighted by molar-refractivity contribution is 5.08. The van der Waals surface area contributed by atoms with Gasteiger partial charge < -0.3 is 5.32 Å². The molecule has 1 heterocycles. The molecule has 0 radical (unpaired) electrons. The van der Waals surface area contributed by atoms with Gasteiger partial charge in [0.2, 0.25) is 0 Å². The van der Waals surface area contributed by atoms with Crippen molar-refractivity contribution in [3.8, 4) is 0 Å². The number of hydrogen-bond acceptors (Lipinski definition) is 3. The van der Waals surface area contributed by atoms with Crippen molar-refractivity contribution in [1.82, 2.24) is 20.3 Å². The molecule has 0 fully saturated rings. The second kappa shape index (κ2) is 5.96. The molecule has 0 spiro atoms. The van der Waals surface area contributed by atoms with E-state index in [2.05, 4.69) is 21.7 Å². The number of allylic oxidation sites excluding steroid dienone is 1. The lowest BCUT2D eigenvalue weighted by atomic mass is 9.93. The zero-order chi connectivity index (χ0) is 12.1. The van der Waals surface area contributed by atoms with Crippen LogP contribution < -0.4 is 5.32 Å². The Balaban J connectivity index is 1.90. The summed E-state index contributed by atoms with van der Waals surface area (Å²) in [5.74, 6) is 0. The highest BCUT2D eigenvalue weighted by Gasteiger charge is 2.13. The van der Waals surface area contributed by atoms with Gasteiger partial charge in [-0.05, 0) is 39.2 Å². The van der Waals surface area contributed by atoms with Crippen LogP contribution in [0.15, 0.2) is 17.8 Å². The molecule has 1 aliphatic rings. The molecule has 0 aromatic carbocycles. The third-order valence-corrected chi connectivity index (χ3v) is 3.41. The Morgan fingerprint density at radius 1 is 1.41 bits per heavy atom. The van der Waals surface area contributed by atoms with Crippen LogP contribution in [0, 0.1) is 0 Å². The van der Waals surface area contributed by atoms with E-state index in [1.165, 1.54) is 25.7 Å². The molecular formula is C13H22N4. The van der Waals surface area contributed by atoms with Crippen molar-refractivity contribution in [3.05, 3.63) is 23.5 Å². The van der Waals surface area contributed by atoms with Gasteiger partial charge in [0.1, 0.15) is 0 Å². The SMILES string of the molecule is CNC(CC1=CCCCC1)Cc1cn(C)nn1. The Morgan fingerprint density at radius 2 is 2.29 bits per heavy atom. The van der Waals surface area contributed by atoms with E-state index in [0.717, 1.165) is 18.5 Å². The third kappa shape index (κ3) is 3.66. The highest BCUT2D eigenvalue weighted by Crippen LogP contribution is 2.22. The lowest BCUT2D eigenvalue weighted by molar-refractivity contribution is 0.527. The first-order chi connectivity index (χ1) is 8.28. The van der Waals surface area contributed by atoms with E-state index in [1.807, 2.05) is 20.3 Å². The number of aromatic nitrogens is 3. The maximum Gasteiger partial charge on any atom is 0.0842 e. The molecule has 0 aliphatic heterocycles. The van der Waals surface area contributed by atoms with E-state index in [0.29, 0.717) is 6.04 Å². The molecule has 1 N–H and O–H groups in total. The van der Waals surface area contributed by atoms with Crippen molar-refractivity contribution in [2.75, 3.05) is 7.05 Å². The van der Waals surface area contributed by atoms with Crippen molar-refractivity contribution in [2.24, 2.45) is 7.05 Å². The van der Waals surface area contributed by atoms with Crippen LogP contribution in [0.2, 0.25) is 0 Å². The molecule has 0 bridgehead atoms. The fourth-order valence-electron chi connectivity index (χ4n) is 2.42. The normalized spacial score (nSPS) is 17.9. The summed E-state index contributed by atoms with van der Waals surface area (Å²) in [6, 6.07) is 0.482. The summed E-state index contributed by atoms with van der Waals surface area (Å²) in [6.07, 6.45) is 11.8. The van der Waals surface area contributed by atoms with Gasteiger partial charge in [0, 0.05) is 25.7 Å². The first-order valence-corrected chi connectivity index (χ1v) is 6.48. The maximum absolute atomic E-state index is 4.15. The van der Waals surface area contributed by atoms with Crippen LogP contribution >= 0.6 is 0 Å². The predicted molar refractivity (Wildman–Crippen MR) is 68.7 cm³/mol. The Morgan fingerprint density at radius 3 is 2.88 bits per heavy atom. The average molecular weight is 234 g/mol. The minimum atomic E-state index is 0.482. The Kier molecular flexibility index (Phi) is 4.31. The summed E-state index contributed by atoms with van der Waals surface area (Å²) in [5.41, 5.74) is 2.68. The zero-order valence-corrected chi connectivity index (χ0v) is 10.8. The summed E-state index contributed by atoms with van der Waals surface area (Å²) in [4.78, 5) is 0. The molecule has 94 valence electrons. The molecule has 4 nitrogen and oxygen atoms in total. The third-order valence-electron chi connectivity index (χ3n) is 3.41. The van der Waals surface area contributed by atoms with Crippen molar-refractivity contribution in [3.63, 3.8) is 0 Å². The molecule has 1 aromatic rings. The number of nitrogens with zero attached hydrogens (tertiary/aromatic N) is 3. The molecule has 4 heteroatoms. The van der Waals surface area contributed by atoms with Crippen LogP contribution in [0.1, 0.15) is 37.8 Å².